The first-order valence-corrected chi connectivity index (χ1v) is 6.64. The monoisotopic (exact) mass is 308 g/mol. The van der Waals surface area contributed by atoms with Crippen molar-refractivity contribution in [3.63, 3.8) is 0 Å². The highest BCUT2D eigenvalue weighted by Gasteiger charge is 2.08. The predicted molar refractivity (Wildman–Crippen MR) is 77.2 cm³/mol. The van der Waals surface area contributed by atoms with Gasteiger partial charge in [0, 0.05) is 23.6 Å². The number of ether oxygens (including phenoxy) is 1. The molecule has 0 bridgehead atoms. The van der Waals surface area contributed by atoms with Crippen molar-refractivity contribution in [3.05, 3.63) is 35.8 Å². The second-order valence-corrected chi connectivity index (χ2v) is 4.52. The summed E-state index contributed by atoms with van der Waals surface area (Å²) in [6.07, 6.45) is 3.08. The largest absolute Gasteiger partial charge is 0.448 e. The minimum atomic E-state index is -0.596. The van der Waals surface area contributed by atoms with Crippen LogP contribution in [-0.4, -0.2) is 39.6 Å². The number of pyridine rings is 1. The molecule has 0 saturated carbocycles. The fourth-order valence-corrected chi connectivity index (χ4v) is 1.73. The van der Waals surface area contributed by atoms with Crippen LogP contribution in [0.3, 0.4) is 0 Å². The number of aromatic nitrogens is 3. The van der Waals surface area contributed by atoms with Crippen molar-refractivity contribution >= 4 is 29.7 Å². The topological polar surface area (TPSA) is 86.1 Å². The van der Waals surface area contributed by atoms with E-state index in [1.165, 1.54) is 10.9 Å². The number of hydrogen-bond acceptors (Lipinski definition) is 5. The first-order chi connectivity index (χ1) is 10.1. The number of amides is 1. The third-order valence-electron chi connectivity index (χ3n) is 2.47. The maximum absolute atomic E-state index is 11.5. The Morgan fingerprint density at radius 1 is 1.52 bits per heavy atom. The van der Waals surface area contributed by atoms with Crippen LogP contribution in [-0.2, 0) is 4.74 Å². The number of aryl methyl sites for hydroxylation is 1. The molecule has 8 heteroatoms. The highest BCUT2D eigenvalue weighted by atomic mass is 35.5. The average molecular weight is 309 g/mol. The van der Waals surface area contributed by atoms with Crippen LogP contribution in [0.2, 0.25) is 0 Å². The fourth-order valence-electron chi connectivity index (χ4n) is 1.65. The maximum atomic E-state index is 11.5. The summed E-state index contributed by atoms with van der Waals surface area (Å²) in [7, 11) is 0. The summed E-state index contributed by atoms with van der Waals surface area (Å²) in [6.45, 7) is 1.91. The second-order valence-electron chi connectivity index (χ2n) is 4.14. The number of anilines is 1. The lowest BCUT2D eigenvalue weighted by molar-refractivity contribution is 0.112. The fraction of sp³-hybridized carbons (Fsp3) is 0.231. The molecule has 0 unspecified atom stereocenters. The first kappa shape index (κ1) is 15.0. The van der Waals surface area contributed by atoms with E-state index in [-0.39, 0.29) is 12.5 Å². The summed E-state index contributed by atoms with van der Waals surface area (Å²) < 4.78 is 6.28. The number of hydrogen-bond donors (Lipinski definition) is 1. The lowest BCUT2D eigenvalue weighted by atomic mass is 10.3. The van der Waals surface area contributed by atoms with Crippen LogP contribution in [0.5, 0.6) is 0 Å². The van der Waals surface area contributed by atoms with Crippen molar-refractivity contribution in [2.75, 3.05) is 17.8 Å². The Kier molecular flexibility index (Phi) is 4.89. The van der Waals surface area contributed by atoms with Crippen molar-refractivity contribution in [1.29, 1.82) is 0 Å². The molecule has 2 aromatic rings. The molecule has 7 nitrogen and oxygen atoms in total. The van der Waals surface area contributed by atoms with Gasteiger partial charge in [-0.2, -0.15) is 5.10 Å². The number of aldehydes is 1. The van der Waals surface area contributed by atoms with E-state index < -0.39 is 6.09 Å². The molecule has 21 heavy (non-hydrogen) atoms. The summed E-state index contributed by atoms with van der Waals surface area (Å²) in [5.74, 6) is 0.714. The number of alkyl halides is 1. The molecule has 1 N–H and O–H groups in total. The first-order valence-electron chi connectivity index (χ1n) is 6.11. The van der Waals surface area contributed by atoms with Gasteiger partial charge in [0.25, 0.3) is 0 Å². The smallest absolute Gasteiger partial charge is 0.411 e. The van der Waals surface area contributed by atoms with Gasteiger partial charge in [0.15, 0.2) is 12.1 Å². The van der Waals surface area contributed by atoms with Gasteiger partial charge in [-0.05, 0) is 13.0 Å². The van der Waals surface area contributed by atoms with Gasteiger partial charge in [-0.3, -0.25) is 10.1 Å². The summed E-state index contributed by atoms with van der Waals surface area (Å²) in [5.41, 5.74) is 1.64. The number of nitrogens with zero attached hydrogens (tertiary/aromatic N) is 3. The Bertz CT molecular complexity index is 657. The van der Waals surface area contributed by atoms with E-state index in [0.717, 1.165) is 0 Å². The lowest BCUT2D eigenvalue weighted by Crippen LogP contribution is -2.15. The average Bonchev–Trinajstić information content (AvgIpc) is 2.93. The Labute approximate surface area is 125 Å². The van der Waals surface area contributed by atoms with Crippen LogP contribution in [0, 0.1) is 6.92 Å². The van der Waals surface area contributed by atoms with E-state index in [4.69, 9.17) is 16.3 Å². The third-order valence-corrected chi connectivity index (χ3v) is 2.62. The molecule has 0 aromatic carbocycles. The number of carbonyl (C=O) groups is 2. The van der Waals surface area contributed by atoms with Crippen molar-refractivity contribution in [2.24, 2.45) is 0 Å². The molecule has 0 saturated heterocycles. The molecular formula is C13H13ClN4O3. The van der Waals surface area contributed by atoms with Gasteiger partial charge in [-0.1, -0.05) is 0 Å². The Hall–Kier alpha value is -2.41. The Morgan fingerprint density at radius 2 is 2.33 bits per heavy atom. The number of rotatable bonds is 5. The van der Waals surface area contributed by atoms with Crippen LogP contribution in [0.25, 0.3) is 5.82 Å². The Balaban J connectivity index is 2.20. The molecule has 2 rings (SSSR count). The zero-order valence-corrected chi connectivity index (χ0v) is 12.0. The quantitative estimate of drug-likeness (QED) is 0.676. The number of halogens is 1. The highest BCUT2D eigenvalue weighted by molar-refractivity contribution is 6.18. The van der Waals surface area contributed by atoms with E-state index in [1.54, 1.807) is 25.3 Å². The molecule has 2 aromatic heterocycles. The molecule has 0 atom stereocenters. The van der Waals surface area contributed by atoms with Gasteiger partial charge in [-0.15, -0.1) is 11.6 Å². The van der Waals surface area contributed by atoms with Crippen LogP contribution < -0.4 is 5.32 Å². The van der Waals surface area contributed by atoms with Gasteiger partial charge in [0.05, 0.1) is 17.6 Å². The third kappa shape index (κ3) is 4.03. The van der Waals surface area contributed by atoms with Gasteiger partial charge in [0.1, 0.15) is 6.61 Å². The maximum Gasteiger partial charge on any atom is 0.411 e. The van der Waals surface area contributed by atoms with E-state index >= 15 is 0 Å². The zero-order chi connectivity index (χ0) is 15.2. The van der Waals surface area contributed by atoms with Crippen molar-refractivity contribution < 1.29 is 14.3 Å². The van der Waals surface area contributed by atoms with E-state index in [1.807, 2.05) is 0 Å². The van der Waals surface area contributed by atoms with E-state index in [2.05, 4.69) is 15.4 Å². The van der Waals surface area contributed by atoms with Crippen molar-refractivity contribution in [3.8, 4) is 5.82 Å². The summed E-state index contributed by atoms with van der Waals surface area (Å²) in [6, 6.07) is 3.31. The van der Waals surface area contributed by atoms with Crippen molar-refractivity contribution in [1.82, 2.24) is 14.8 Å². The van der Waals surface area contributed by atoms with Gasteiger partial charge >= 0.3 is 6.09 Å². The molecule has 0 aliphatic rings. The van der Waals surface area contributed by atoms with Crippen molar-refractivity contribution in [2.45, 2.75) is 6.92 Å². The molecule has 0 aliphatic carbocycles. The van der Waals surface area contributed by atoms with E-state index in [0.29, 0.717) is 29.0 Å². The molecule has 0 aliphatic heterocycles. The summed E-state index contributed by atoms with van der Waals surface area (Å²) >= 11 is 5.44. The molecule has 1 amide bonds. The van der Waals surface area contributed by atoms with Crippen LogP contribution in [0.15, 0.2) is 24.5 Å². The van der Waals surface area contributed by atoms with Gasteiger partial charge in [-0.25, -0.2) is 14.5 Å². The number of carbonyl (C=O) groups excluding carboxylic acids is 2. The van der Waals surface area contributed by atoms with Crippen LogP contribution >= 0.6 is 11.6 Å². The predicted octanol–water partition coefficient (Wildman–Crippen LogP) is 2.18. The minimum Gasteiger partial charge on any atom is -0.448 e. The van der Waals surface area contributed by atoms with Crippen LogP contribution in [0.1, 0.15) is 16.1 Å². The van der Waals surface area contributed by atoms with Gasteiger partial charge < -0.3 is 4.74 Å². The highest BCUT2D eigenvalue weighted by Crippen LogP contribution is 2.15. The molecular weight excluding hydrogens is 296 g/mol. The molecule has 0 fully saturated rings. The second kappa shape index (κ2) is 6.85. The number of nitrogens with one attached hydrogen (secondary N) is 1. The van der Waals surface area contributed by atoms with Crippen LogP contribution in [0.4, 0.5) is 10.5 Å². The lowest BCUT2D eigenvalue weighted by Gasteiger charge is -2.08. The summed E-state index contributed by atoms with van der Waals surface area (Å²) in [4.78, 5) is 26.5. The molecule has 0 radical (unpaired) electrons. The molecule has 0 spiro atoms. The standard InChI is InChI=1S/C13H13ClN4O3/c1-9-4-11(17-13(20)21-3-2-14)5-12(16-9)18-7-10(8-19)6-15-18/h4-8H,2-3H2,1H3,(H,16,17,20). The molecule has 2 heterocycles. The molecule has 110 valence electrons. The van der Waals surface area contributed by atoms with Gasteiger partial charge in [0.2, 0.25) is 0 Å². The van der Waals surface area contributed by atoms with E-state index in [9.17, 15) is 9.59 Å². The SMILES string of the molecule is Cc1cc(NC(=O)OCCCl)cc(-n2cc(C=O)cn2)n1. The zero-order valence-electron chi connectivity index (χ0n) is 11.2. The normalized spacial score (nSPS) is 10.2. The summed E-state index contributed by atoms with van der Waals surface area (Å²) in [5, 5.41) is 6.61. The Morgan fingerprint density at radius 3 is 3.00 bits per heavy atom. The minimum absolute atomic E-state index is 0.131.